The molecule has 0 aliphatic heterocycles. The Balaban J connectivity index is 2.11. The van der Waals surface area contributed by atoms with Crippen molar-refractivity contribution in [2.45, 2.75) is 0 Å². The smallest absolute Gasteiger partial charge is 0.136 e. The van der Waals surface area contributed by atoms with Crippen LogP contribution in [0.3, 0.4) is 0 Å². The number of para-hydroxylation sites is 1. The highest BCUT2D eigenvalue weighted by molar-refractivity contribution is 6.23. The molecule has 1 nitrogen and oxygen atoms in total. The lowest BCUT2D eigenvalue weighted by atomic mass is 9.98. The van der Waals surface area contributed by atoms with Gasteiger partial charge in [-0.05, 0) is 33.7 Å². The molecule has 5 aromatic rings. The van der Waals surface area contributed by atoms with Crippen LogP contribution in [0.2, 0.25) is 0 Å². The Morgan fingerprint density at radius 3 is 2.19 bits per heavy atom. The number of hydrogen-bond donors (Lipinski definition) is 0. The van der Waals surface area contributed by atoms with Gasteiger partial charge in [0.2, 0.25) is 0 Å². The summed E-state index contributed by atoms with van der Waals surface area (Å²) in [5, 5.41) is 7.52. The van der Waals surface area contributed by atoms with Crippen LogP contribution in [0, 0.1) is 0 Å². The molecule has 98 valence electrons. The monoisotopic (exact) mass is 268 g/mol. The third-order valence-corrected chi connectivity index (χ3v) is 4.26. The van der Waals surface area contributed by atoms with Gasteiger partial charge in [-0.25, -0.2) is 0 Å². The van der Waals surface area contributed by atoms with Gasteiger partial charge in [0, 0.05) is 10.8 Å². The zero-order valence-electron chi connectivity index (χ0n) is 11.3. The van der Waals surface area contributed by atoms with E-state index in [1.807, 2.05) is 12.1 Å². The standard InChI is InChI=1S/C20H12O/c1-2-6-14-13(5-1)9-10-16-15(14)11-12-19-20(16)17-7-3-4-8-18(17)21-19/h1-12H. The van der Waals surface area contributed by atoms with Crippen molar-refractivity contribution in [3.8, 4) is 0 Å². The van der Waals surface area contributed by atoms with E-state index in [2.05, 4.69) is 60.7 Å². The van der Waals surface area contributed by atoms with Gasteiger partial charge in [-0.3, -0.25) is 0 Å². The summed E-state index contributed by atoms with van der Waals surface area (Å²) in [6.45, 7) is 0. The first-order valence-corrected chi connectivity index (χ1v) is 7.13. The minimum atomic E-state index is 0.952. The molecular weight excluding hydrogens is 256 g/mol. The maximum Gasteiger partial charge on any atom is 0.136 e. The number of furan rings is 1. The van der Waals surface area contributed by atoms with Crippen molar-refractivity contribution >= 4 is 43.5 Å². The Bertz CT molecular complexity index is 1130. The highest BCUT2D eigenvalue weighted by atomic mass is 16.3. The first kappa shape index (κ1) is 10.9. The Morgan fingerprint density at radius 1 is 0.476 bits per heavy atom. The van der Waals surface area contributed by atoms with E-state index in [1.165, 1.54) is 32.3 Å². The van der Waals surface area contributed by atoms with Crippen LogP contribution >= 0.6 is 0 Å². The first-order chi connectivity index (χ1) is 10.4. The summed E-state index contributed by atoms with van der Waals surface area (Å²) < 4.78 is 5.97. The lowest BCUT2D eigenvalue weighted by Crippen LogP contribution is -1.78. The summed E-state index contributed by atoms with van der Waals surface area (Å²) >= 11 is 0. The number of fused-ring (bicyclic) bond motifs is 7. The molecule has 1 heterocycles. The van der Waals surface area contributed by atoms with Gasteiger partial charge >= 0.3 is 0 Å². The van der Waals surface area contributed by atoms with Crippen LogP contribution < -0.4 is 0 Å². The maximum absolute atomic E-state index is 5.97. The largest absolute Gasteiger partial charge is 0.456 e. The van der Waals surface area contributed by atoms with Crippen LogP contribution in [-0.4, -0.2) is 0 Å². The number of benzene rings is 4. The van der Waals surface area contributed by atoms with Crippen molar-refractivity contribution < 1.29 is 4.42 Å². The molecule has 0 bridgehead atoms. The summed E-state index contributed by atoms with van der Waals surface area (Å²) in [7, 11) is 0. The molecule has 0 N–H and O–H groups in total. The lowest BCUT2D eigenvalue weighted by Gasteiger charge is -2.04. The van der Waals surface area contributed by atoms with Gasteiger partial charge in [0.25, 0.3) is 0 Å². The molecule has 0 fully saturated rings. The van der Waals surface area contributed by atoms with E-state index < -0.39 is 0 Å². The van der Waals surface area contributed by atoms with Gasteiger partial charge in [0.15, 0.2) is 0 Å². The van der Waals surface area contributed by atoms with Crippen LogP contribution in [0.1, 0.15) is 0 Å². The highest BCUT2D eigenvalue weighted by Gasteiger charge is 2.11. The summed E-state index contributed by atoms with van der Waals surface area (Å²) in [5.41, 5.74) is 1.91. The topological polar surface area (TPSA) is 13.1 Å². The van der Waals surface area contributed by atoms with Gasteiger partial charge in [0.1, 0.15) is 11.2 Å². The molecule has 0 amide bonds. The molecule has 0 aliphatic rings. The predicted octanol–water partition coefficient (Wildman–Crippen LogP) is 5.89. The van der Waals surface area contributed by atoms with Crippen molar-refractivity contribution in [1.29, 1.82) is 0 Å². The Kier molecular flexibility index (Phi) is 2.01. The minimum absolute atomic E-state index is 0.952. The Hall–Kier alpha value is -2.80. The van der Waals surface area contributed by atoms with Crippen molar-refractivity contribution in [2.75, 3.05) is 0 Å². The molecule has 0 radical (unpaired) electrons. The third-order valence-electron chi connectivity index (χ3n) is 4.26. The van der Waals surface area contributed by atoms with Crippen LogP contribution in [-0.2, 0) is 0 Å². The van der Waals surface area contributed by atoms with Gasteiger partial charge < -0.3 is 4.42 Å². The molecule has 0 unspecified atom stereocenters. The van der Waals surface area contributed by atoms with Gasteiger partial charge in [-0.1, -0.05) is 60.7 Å². The summed E-state index contributed by atoms with van der Waals surface area (Å²) in [6, 6.07) is 25.4. The van der Waals surface area contributed by atoms with E-state index in [9.17, 15) is 0 Å². The van der Waals surface area contributed by atoms with Crippen molar-refractivity contribution in [1.82, 2.24) is 0 Å². The van der Waals surface area contributed by atoms with Crippen molar-refractivity contribution in [2.24, 2.45) is 0 Å². The average Bonchev–Trinajstić information content (AvgIpc) is 2.93. The van der Waals surface area contributed by atoms with E-state index in [-0.39, 0.29) is 0 Å². The fraction of sp³-hybridized carbons (Fsp3) is 0. The molecule has 0 spiro atoms. The molecular formula is C20H12O. The van der Waals surface area contributed by atoms with Crippen molar-refractivity contribution in [3.05, 3.63) is 72.8 Å². The van der Waals surface area contributed by atoms with E-state index in [0.717, 1.165) is 11.2 Å². The predicted molar refractivity (Wildman–Crippen MR) is 88.7 cm³/mol. The van der Waals surface area contributed by atoms with E-state index in [1.54, 1.807) is 0 Å². The Morgan fingerprint density at radius 2 is 1.24 bits per heavy atom. The summed E-state index contributed by atoms with van der Waals surface area (Å²) in [6.07, 6.45) is 0. The highest BCUT2D eigenvalue weighted by Crippen LogP contribution is 2.36. The molecule has 5 rings (SSSR count). The second-order valence-corrected chi connectivity index (χ2v) is 5.42. The van der Waals surface area contributed by atoms with Crippen LogP contribution in [0.25, 0.3) is 43.5 Å². The lowest BCUT2D eigenvalue weighted by molar-refractivity contribution is 0.669. The molecule has 0 saturated carbocycles. The van der Waals surface area contributed by atoms with E-state index in [4.69, 9.17) is 4.42 Å². The average molecular weight is 268 g/mol. The molecule has 1 heteroatoms. The second-order valence-electron chi connectivity index (χ2n) is 5.42. The molecule has 0 atom stereocenters. The minimum Gasteiger partial charge on any atom is -0.456 e. The molecule has 0 saturated heterocycles. The Labute approximate surface area is 121 Å². The van der Waals surface area contributed by atoms with Crippen LogP contribution in [0.4, 0.5) is 0 Å². The zero-order valence-corrected chi connectivity index (χ0v) is 11.3. The first-order valence-electron chi connectivity index (χ1n) is 7.13. The SMILES string of the molecule is c1ccc2c(c1)ccc1c2ccc2oc3ccccc3c21. The van der Waals surface area contributed by atoms with Crippen LogP contribution in [0.5, 0.6) is 0 Å². The summed E-state index contributed by atoms with van der Waals surface area (Å²) in [4.78, 5) is 0. The van der Waals surface area contributed by atoms with Gasteiger partial charge in [0.05, 0.1) is 0 Å². The second kappa shape index (κ2) is 3.86. The van der Waals surface area contributed by atoms with Gasteiger partial charge in [-0.15, -0.1) is 0 Å². The molecule has 21 heavy (non-hydrogen) atoms. The molecule has 4 aromatic carbocycles. The van der Waals surface area contributed by atoms with E-state index >= 15 is 0 Å². The van der Waals surface area contributed by atoms with Crippen molar-refractivity contribution in [3.63, 3.8) is 0 Å². The van der Waals surface area contributed by atoms with E-state index in [0.29, 0.717) is 0 Å². The summed E-state index contributed by atoms with van der Waals surface area (Å²) in [5.74, 6) is 0. The maximum atomic E-state index is 5.97. The normalized spacial score (nSPS) is 11.8. The molecule has 0 aliphatic carbocycles. The number of hydrogen-bond acceptors (Lipinski definition) is 1. The van der Waals surface area contributed by atoms with Crippen LogP contribution in [0.15, 0.2) is 77.2 Å². The fourth-order valence-corrected chi connectivity index (χ4v) is 3.31. The molecule has 1 aromatic heterocycles. The zero-order chi connectivity index (χ0) is 13.8. The quantitative estimate of drug-likeness (QED) is 0.319. The van der Waals surface area contributed by atoms with Gasteiger partial charge in [-0.2, -0.15) is 0 Å². The third kappa shape index (κ3) is 1.40. The fourth-order valence-electron chi connectivity index (χ4n) is 3.31. The number of rotatable bonds is 0.